The van der Waals surface area contributed by atoms with Crippen LogP contribution in [0.15, 0.2) is 23.2 Å². The van der Waals surface area contributed by atoms with Crippen molar-refractivity contribution in [1.82, 2.24) is 9.29 Å². The molecule has 1 aromatic heterocycles. The standard InChI is InChI=1S/C12H21N3O2S/c1-4-15(9-10(2)3)18(16,17)12-6-5-11(7-13)14-8-12/h5-6,8,10H,4,7,9,13H2,1-3H3. The zero-order valence-electron chi connectivity index (χ0n) is 11.1. The van der Waals surface area contributed by atoms with Gasteiger partial charge in [0.15, 0.2) is 0 Å². The highest BCUT2D eigenvalue weighted by Gasteiger charge is 2.23. The van der Waals surface area contributed by atoms with Crippen LogP contribution < -0.4 is 5.73 Å². The maximum atomic E-state index is 12.4. The van der Waals surface area contributed by atoms with Crippen molar-refractivity contribution in [3.05, 3.63) is 24.0 Å². The third kappa shape index (κ3) is 3.51. The van der Waals surface area contributed by atoms with Gasteiger partial charge in [-0.3, -0.25) is 4.98 Å². The summed E-state index contributed by atoms with van der Waals surface area (Å²) in [5, 5.41) is 0. The molecule has 0 spiro atoms. The molecular formula is C12H21N3O2S. The van der Waals surface area contributed by atoms with Crippen molar-refractivity contribution in [2.75, 3.05) is 13.1 Å². The molecule has 0 saturated heterocycles. The average Bonchev–Trinajstić information content (AvgIpc) is 2.35. The molecule has 0 amide bonds. The molecule has 0 unspecified atom stereocenters. The van der Waals surface area contributed by atoms with Crippen LogP contribution in [0, 0.1) is 5.92 Å². The minimum Gasteiger partial charge on any atom is -0.325 e. The number of aromatic nitrogens is 1. The van der Waals surface area contributed by atoms with Crippen molar-refractivity contribution in [3.63, 3.8) is 0 Å². The van der Waals surface area contributed by atoms with Crippen molar-refractivity contribution in [2.24, 2.45) is 11.7 Å². The molecule has 18 heavy (non-hydrogen) atoms. The average molecular weight is 271 g/mol. The van der Waals surface area contributed by atoms with Crippen molar-refractivity contribution < 1.29 is 8.42 Å². The van der Waals surface area contributed by atoms with E-state index in [-0.39, 0.29) is 10.8 Å². The van der Waals surface area contributed by atoms with Gasteiger partial charge in [0, 0.05) is 25.8 Å². The van der Waals surface area contributed by atoms with Crippen LogP contribution in [-0.2, 0) is 16.6 Å². The lowest BCUT2D eigenvalue weighted by molar-refractivity contribution is 0.380. The van der Waals surface area contributed by atoms with Crippen molar-refractivity contribution in [3.8, 4) is 0 Å². The van der Waals surface area contributed by atoms with Gasteiger partial charge in [-0.1, -0.05) is 20.8 Å². The van der Waals surface area contributed by atoms with Gasteiger partial charge in [-0.2, -0.15) is 4.31 Å². The van der Waals surface area contributed by atoms with Crippen molar-refractivity contribution >= 4 is 10.0 Å². The van der Waals surface area contributed by atoms with Gasteiger partial charge in [0.25, 0.3) is 0 Å². The SMILES string of the molecule is CCN(CC(C)C)S(=O)(=O)c1ccc(CN)nc1. The van der Waals surface area contributed by atoms with Crippen molar-refractivity contribution in [1.29, 1.82) is 0 Å². The maximum Gasteiger partial charge on any atom is 0.244 e. The highest BCUT2D eigenvalue weighted by molar-refractivity contribution is 7.89. The monoisotopic (exact) mass is 271 g/mol. The normalized spacial score (nSPS) is 12.3. The first kappa shape index (κ1) is 15.1. The number of hydrogen-bond donors (Lipinski definition) is 1. The second kappa shape index (κ2) is 6.26. The molecule has 2 N–H and O–H groups in total. The van der Waals surface area contributed by atoms with Gasteiger partial charge < -0.3 is 5.73 Å². The lowest BCUT2D eigenvalue weighted by Crippen LogP contribution is -2.34. The zero-order chi connectivity index (χ0) is 13.8. The number of nitrogens with two attached hydrogens (primary N) is 1. The fourth-order valence-electron chi connectivity index (χ4n) is 1.64. The van der Waals surface area contributed by atoms with Gasteiger partial charge in [-0.25, -0.2) is 8.42 Å². The quantitative estimate of drug-likeness (QED) is 0.843. The van der Waals surface area contributed by atoms with E-state index in [0.29, 0.717) is 25.3 Å². The van der Waals surface area contributed by atoms with Crippen LogP contribution >= 0.6 is 0 Å². The zero-order valence-corrected chi connectivity index (χ0v) is 11.9. The topological polar surface area (TPSA) is 76.3 Å². The first-order chi connectivity index (χ1) is 8.41. The second-order valence-electron chi connectivity index (χ2n) is 4.54. The molecule has 1 heterocycles. The molecule has 6 heteroatoms. The Morgan fingerprint density at radius 1 is 1.39 bits per heavy atom. The Bertz CT molecular complexity index is 469. The van der Waals surface area contributed by atoms with E-state index in [1.54, 1.807) is 12.1 Å². The van der Waals surface area contributed by atoms with E-state index in [0.717, 1.165) is 0 Å². The summed E-state index contributed by atoms with van der Waals surface area (Å²) in [6, 6.07) is 3.21. The summed E-state index contributed by atoms with van der Waals surface area (Å²) in [6.45, 7) is 7.10. The first-order valence-corrected chi connectivity index (χ1v) is 7.51. The second-order valence-corrected chi connectivity index (χ2v) is 6.48. The molecule has 0 saturated carbocycles. The van der Waals surface area contributed by atoms with Gasteiger partial charge in [0.2, 0.25) is 10.0 Å². The summed E-state index contributed by atoms with van der Waals surface area (Å²) >= 11 is 0. The molecule has 0 bridgehead atoms. The largest absolute Gasteiger partial charge is 0.325 e. The van der Waals surface area contributed by atoms with Gasteiger partial charge in [0.1, 0.15) is 4.90 Å². The summed E-state index contributed by atoms with van der Waals surface area (Å²) in [6.07, 6.45) is 1.38. The maximum absolute atomic E-state index is 12.4. The Morgan fingerprint density at radius 3 is 2.44 bits per heavy atom. The fourth-order valence-corrected chi connectivity index (χ4v) is 3.20. The Hall–Kier alpha value is -0.980. The summed E-state index contributed by atoms with van der Waals surface area (Å²) in [7, 11) is -3.44. The molecule has 0 atom stereocenters. The molecule has 5 nitrogen and oxygen atoms in total. The minimum absolute atomic E-state index is 0.224. The number of nitrogens with zero attached hydrogens (tertiary/aromatic N) is 2. The molecule has 0 aliphatic heterocycles. The van der Waals surface area contributed by atoms with Crippen LogP contribution in [0.25, 0.3) is 0 Å². The van der Waals surface area contributed by atoms with Crippen LogP contribution in [0.3, 0.4) is 0 Å². The van der Waals surface area contributed by atoms with Crippen LogP contribution in [0.1, 0.15) is 26.5 Å². The number of sulfonamides is 1. The molecule has 0 aliphatic rings. The lowest BCUT2D eigenvalue weighted by Gasteiger charge is -2.22. The summed E-state index contributed by atoms with van der Waals surface area (Å²) in [5.74, 6) is 0.288. The van der Waals surface area contributed by atoms with E-state index in [2.05, 4.69) is 4.98 Å². The Balaban J connectivity index is 3.02. The molecule has 1 aromatic rings. The highest BCUT2D eigenvalue weighted by atomic mass is 32.2. The minimum atomic E-state index is -3.44. The lowest BCUT2D eigenvalue weighted by atomic mass is 10.2. The third-order valence-corrected chi connectivity index (χ3v) is 4.49. The van der Waals surface area contributed by atoms with Crippen LogP contribution in [-0.4, -0.2) is 30.8 Å². The fraction of sp³-hybridized carbons (Fsp3) is 0.583. The van der Waals surface area contributed by atoms with Gasteiger partial charge >= 0.3 is 0 Å². The number of hydrogen-bond acceptors (Lipinski definition) is 4. The predicted octanol–water partition coefficient (Wildman–Crippen LogP) is 1.21. The molecule has 0 aromatic carbocycles. The first-order valence-electron chi connectivity index (χ1n) is 6.07. The Labute approximate surface area is 109 Å². The summed E-state index contributed by atoms with van der Waals surface area (Å²) in [5.41, 5.74) is 6.12. The third-order valence-electron chi connectivity index (χ3n) is 2.57. The van der Waals surface area contributed by atoms with Crippen LogP contribution in [0.4, 0.5) is 0 Å². The van der Waals surface area contributed by atoms with Crippen LogP contribution in [0.2, 0.25) is 0 Å². The molecule has 1 rings (SSSR count). The molecular weight excluding hydrogens is 250 g/mol. The van der Waals surface area contributed by atoms with Crippen LogP contribution in [0.5, 0.6) is 0 Å². The summed E-state index contributed by atoms with van der Waals surface area (Å²) < 4.78 is 26.2. The Morgan fingerprint density at radius 2 is 2.06 bits per heavy atom. The number of rotatable bonds is 6. The van der Waals surface area contributed by atoms with Gasteiger partial charge in [-0.05, 0) is 18.1 Å². The Kier molecular flexibility index (Phi) is 5.25. The van der Waals surface area contributed by atoms with E-state index < -0.39 is 10.0 Å². The molecule has 0 aliphatic carbocycles. The van der Waals surface area contributed by atoms with E-state index in [1.165, 1.54) is 10.5 Å². The van der Waals surface area contributed by atoms with E-state index in [4.69, 9.17) is 5.73 Å². The summed E-state index contributed by atoms with van der Waals surface area (Å²) in [4.78, 5) is 4.25. The van der Waals surface area contributed by atoms with E-state index in [1.807, 2.05) is 20.8 Å². The molecule has 0 fully saturated rings. The van der Waals surface area contributed by atoms with Gasteiger partial charge in [0.05, 0.1) is 5.69 Å². The molecule has 0 radical (unpaired) electrons. The van der Waals surface area contributed by atoms with E-state index in [9.17, 15) is 8.42 Å². The smallest absolute Gasteiger partial charge is 0.244 e. The predicted molar refractivity (Wildman–Crippen MR) is 71.4 cm³/mol. The van der Waals surface area contributed by atoms with Crippen molar-refractivity contribution in [2.45, 2.75) is 32.2 Å². The highest BCUT2D eigenvalue weighted by Crippen LogP contribution is 2.16. The van der Waals surface area contributed by atoms with E-state index >= 15 is 0 Å². The van der Waals surface area contributed by atoms with Gasteiger partial charge in [-0.15, -0.1) is 0 Å². The molecule has 102 valence electrons. The number of pyridine rings is 1.